The molecule has 0 spiro atoms. The third kappa shape index (κ3) is 2.34. The van der Waals surface area contributed by atoms with E-state index in [2.05, 4.69) is 49.4 Å². The van der Waals surface area contributed by atoms with Crippen LogP contribution in [0.2, 0.25) is 0 Å². The summed E-state index contributed by atoms with van der Waals surface area (Å²) >= 11 is 1.25. The predicted molar refractivity (Wildman–Crippen MR) is 79.0 cm³/mol. The Bertz CT molecular complexity index is 508. The molecule has 0 aromatic carbocycles. The first-order chi connectivity index (χ1) is 9.23. The summed E-state index contributed by atoms with van der Waals surface area (Å²) in [5, 5.41) is 18.1. The lowest BCUT2D eigenvalue weighted by Crippen LogP contribution is -2.07. The van der Waals surface area contributed by atoms with Crippen molar-refractivity contribution in [1.82, 2.24) is 14.8 Å². The Hall–Kier alpha value is -1.04. The lowest BCUT2D eigenvalue weighted by molar-refractivity contribution is -0.133. The topological polar surface area (TPSA) is 68.0 Å². The van der Waals surface area contributed by atoms with Gasteiger partial charge < -0.3 is 9.67 Å². The van der Waals surface area contributed by atoms with Gasteiger partial charge in [-0.05, 0) is 17.3 Å². The van der Waals surface area contributed by atoms with E-state index in [9.17, 15) is 4.79 Å². The summed E-state index contributed by atoms with van der Waals surface area (Å²) < 4.78 is 2.11. The van der Waals surface area contributed by atoms with Crippen LogP contribution in [0.3, 0.4) is 0 Å². The van der Waals surface area contributed by atoms with Crippen LogP contribution in [0.25, 0.3) is 0 Å². The molecule has 20 heavy (non-hydrogen) atoms. The van der Waals surface area contributed by atoms with Gasteiger partial charge in [0.1, 0.15) is 5.82 Å². The van der Waals surface area contributed by atoms with Gasteiger partial charge in [0, 0.05) is 12.5 Å². The number of rotatable bonds is 6. The maximum Gasteiger partial charge on any atom is 0.313 e. The van der Waals surface area contributed by atoms with Crippen molar-refractivity contribution in [3.63, 3.8) is 0 Å². The van der Waals surface area contributed by atoms with Crippen molar-refractivity contribution in [2.45, 2.75) is 58.7 Å². The van der Waals surface area contributed by atoms with E-state index < -0.39 is 5.97 Å². The standard InChI is InChI=1S/C14H23N3O2S/c1-6-7-17-11(10-13(2,3)14(10,4)5)15-16-12(17)20-8-9(18)19/h10H,6-8H2,1-5H3,(H,18,19). The molecule has 1 heterocycles. The Morgan fingerprint density at radius 1 is 1.30 bits per heavy atom. The number of hydrogen-bond acceptors (Lipinski definition) is 4. The normalized spacial score (nSPS) is 20.1. The highest BCUT2D eigenvalue weighted by atomic mass is 32.2. The molecular formula is C14H23N3O2S. The van der Waals surface area contributed by atoms with Crippen LogP contribution in [-0.2, 0) is 11.3 Å². The molecule has 0 aliphatic heterocycles. The Morgan fingerprint density at radius 2 is 1.90 bits per heavy atom. The highest BCUT2D eigenvalue weighted by Gasteiger charge is 2.67. The van der Waals surface area contributed by atoms with E-state index in [0.29, 0.717) is 5.92 Å². The first-order valence-electron chi connectivity index (χ1n) is 7.01. The van der Waals surface area contributed by atoms with Gasteiger partial charge in [-0.2, -0.15) is 0 Å². The van der Waals surface area contributed by atoms with E-state index in [1.807, 2.05) is 0 Å². The molecule has 1 fully saturated rings. The minimum Gasteiger partial charge on any atom is -0.481 e. The molecule has 6 heteroatoms. The summed E-state index contributed by atoms with van der Waals surface area (Å²) in [6.07, 6.45) is 0.985. The van der Waals surface area contributed by atoms with Crippen LogP contribution in [0, 0.1) is 10.8 Å². The van der Waals surface area contributed by atoms with Gasteiger partial charge in [-0.15, -0.1) is 10.2 Å². The average molecular weight is 297 g/mol. The molecule has 0 bridgehead atoms. The number of carboxylic acid groups (broad SMARTS) is 1. The van der Waals surface area contributed by atoms with Crippen molar-refractivity contribution in [2.24, 2.45) is 10.8 Å². The van der Waals surface area contributed by atoms with E-state index in [0.717, 1.165) is 23.9 Å². The van der Waals surface area contributed by atoms with Gasteiger partial charge in [0.05, 0.1) is 5.75 Å². The van der Waals surface area contributed by atoms with Gasteiger partial charge in [-0.3, -0.25) is 4.79 Å². The lowest BCUT2D eigenvalue weighted by atomic mass is 10.0. The van der Waals surface area contributed by atoms with Crippen LogP contribution in [-0.4, -0.2) is 31.6 Å². The van der Waals surface area contributed by atoms with Gasteiger partial charge in [0.15, 0.2) is 5.16 Å². The monoisotopic (exact) mass is 297 g/mol. The molecule has 0 saturated heterocycles. The SMILES string of the molecule is CCCn1c(SCC(=O)O)nnc1C1C(C)(C)C1(C)C. The van der Waals surface area contributed by atoms with E-state index in [1.54, 1.807) is 0 Å². The third-order valence-electron chi connectivity index (χ3n) is 4.80. The van der Waals surface area contributed by atoms with Gasteiger partial charge in [-0.25, -0.2) is 0 Å². The smallest absolute Gasteiger partial charge is 0.313 e. The van der Waals surface area contributed by atoms with Gasteiger partial charge in [-0.1, -0.05) is 46.4 Å². The van der Waals surface area contributed by atoms with Crippen LogP contribution in [0.4, 0.5) is 0 Å². The third-order valence-corrected chi connectivity index (χ3v) is 5.75. The molecule has 1 saturated carbocycles. The van der Waals surface area contributed by atoms with E-state index in [-0.39, 0.29) is 16.6 Å². The summed E-state index contributed by atoms with van der Waals surface area (Å²) in [4.78, 5) is 10.7. The molecule has 1 aliphatic rings. The number of thioether (sulfide) groups is 1. The number of aromatic nitrogens is 3. The second-order valence-corrected chi connectivity index (χ2v) is 7.49. The zero-order chi connectivity index (χ0) is 15.1. The van der Waals surface area contributed by atoms with Crippen molar-refractivity contribution in [3.8, 4) is 0 Å². The fourth-order valence-corrected chi connectivity index (χ4v) is 3.71. The fraction of sp³-hybridized carbons (Fsp3) is 0.786. The lowest BCUT2D eigenvalue weighted by Gasteiger charge is -2.09. The molecule has 5 nitrogen and oxygen atoms in total. The van der Waals surface area contributed by atoms with Crippen molar-refractivity contribution in [2.75, 3.05) is 5.75 Å². The minimum atomic E-state index is -0.824. The van der Waals surface area contributed by atoms with Crippen LogP contribution in [0.5, 0.6) is 0 Å². The number of hydrogen-bond donors (Lipinski definition) is 1. The Balaban J connectivity index is 2.29. The van der Waals surface area contributed by atoms with Gasteiger partial charge in [0.2, 0.25) is 0 Å². The van der Waals surface area contributed by atoms with Crippen molar-refractivity contribution >= 4 is 17.7 Å². The molecule has 1 N–H and O–H groups in total. The molecule has 0 unspecified atom stereocenters. The zero-order valence-corrected chi connectivity index (χ0v) is 13.6. The summed E-state index contributed by atoms with van der Waals surface area (Å²) in [5.74, 6) is 0.594. The second-order valence-electron chi connectivity index (χ2n) is 6.55. The molecule has 0 amide bonds. The molecular weight excluding hydrogens is 274 g/mol. The fourth-order valence-electron chi connectivity index (χ4n) is 3.02. The molecule has 1 aromatic heterocycles. The van der Waals surface area contributed by atoms with Crippen LogP contribution < -0.4 is 0 Å². The van der Waals surface area contributed by atoms with E-state index in [4.69, 9.17) is 5.11 Å². The predicted octanol–water partition coefficient (Wildman–Crippen LogP) is 3.01. The number of carboxylic acids is 1. The van der Waals surface area contributed by atoms with Crippen LogP contribution in [0.15, 0.2) is 5.16 Å². The first-order valence-corrected chi connectivity index (χ1v) is 7.99. The van der Waals surface area contributed by atoms with E-state index in [1.165, 1.54) is 11.8 Å². The van der Waals surface area contributed by atoms with Crippen LogP contribution in [0.1, 0.15) is 52.8 Å². The maximum absolute atomic E-state index is 10.7. The molecule has 1 aromatic rings. The minimum absolute atomic E-state index is 0.0271. The summed E-state index contributed by atoms with van der Waals surface area (Å²) in [6.45, 7) is 12.0. The second kappa shape index (κ2) is 5.06. The highest BCUT2D eigenvalue weighted by Crippen LogP contribution is 2.73. The van der Waals surface area contributed by atoms with Crippen molar-refractivity contribution in [1.29, 1.82) is 0 Å². The zero-order valence-electron chi connectivity index (χ0n) is 12.8. The Morgan fingerprint density at radius 3 is 2.35 bits per heavy atom. The number of carbonyl (C=O) groups is 1. The maximum atomic E-state index is 10.7. The van der Waals surface area contributed by atoms with Gasteiger partial charge in [0.25, 0.3) is 0 Å². The first kappa shape index (κ1) is 15.4. The molecule has 0 radical (unpaired) electrons. The number of aliphatic carboxylic acids is 1. The average Bonchev–Trinajstić information content (AvgIpc) is 2.62. The Kier molecular flexibility index (Phi) is 3.88. The molecule has 2 rings (SSSR count). The largest absolute Gasteiger partial charge is 0.481 e. The summed E-state index contributed by atoms with van der Waals surface area (Å²) in [5.41, 5.74) is 0.417. The highest BCUT2D eigenvalue weighted by molar-refractivity contribution is 7.99. The number of nitrogens with zero attached hydrogens (tertiary/aromatic N) is 3. The Labute approximate surface area is 124 Å². The molecule has 1 aliphatic carbocycles. The van der Waals surface area contributed by atoms with E-state index >= 15 is 0 Å². The summed E-state index contributed by atoms with van der Waals surface area (Å²) in [6, 6.07) is 0. The molecule has 112 valence electrons. The quantitative estimate of drug-likeness (QED) is 0.817. The van der Waals surface area contributed by atoms with Crippen molar-refractivity contribution < 1.29 is 9.90 Å². The summed E-state index contributed by atoms with van der Waals surface area (Å²) in [7, 11) is 0. The molecule has 0 atom stereocenters. The van der Waals surface area contributed by atoms with Crippen LogP contribution >= 0.6 is 11.8 Å². The van der Waals surface area contributed by atoms with Gasteiger partial charge >= 0.3 is 5.97 Å². The van der Waals surface area contributed by atoms with Crippen molar-refractivity contribution in [3.05, 3.63) is 5.82 Å².